The molecule has 0 unspecified atom stereocenters. The molecule has 0 aromatic rings. The predicted molar refractivity (Wildman–Crippen MR) is 78.6 cm³/mol. The van der Waals surface area contributed by atoms with E-state index in [1.54, 1.807) is 4.90 Å². The van der Waals surface area contributed by atoms with Crippen molar-refractivity contribution in [3.63, 3.8) is 0 Å². The first-order chi connectivity index (χ1) is 9.88. The second-order valence-electron chi connectivity index (χ2n) is 6.13. The molecule has 0 aromatic carbocycles. The van der Waals surface area contributed by atoms with Gasteiger partial charge in [0.1, 0.15) is 0 Å². The van der Waals surface area contributed by atoms with Crippen molar-refractivity contribution in [2.75, 3.05) is 19.6 Å². The molecule has 0 spiro atoms. The maximum Gasteiger partial charge on any atom is 0.303 e. The van der Waals surface area contributed by atoms with Gasteiger partial charge < -0.3 is 15.3 Å². The molecule has 0 atom stereocenters. The number of carboxylic acid groups (broad SMARTS) is 1. The van der Waals surface area contributed by atoms with Crippen LogP contribution in [0.25, 0.3) is 0 Å². The van der Waals surface area contributed by atoms with Gasteiger partial charge in [-0.2, -0.15) is 0 Å². The zero-order valence-corrected chi connectivity index (χ0v) is 12.9. The maximum atomic E-state index is 12.0. The molecule has 1 rings (SSSR count). The highest BCUT2D eigenvalue weighted by Crippen LogP contribution is 2.20. The quantitative estimate of drug-likeness (QED) is 0.740. The van der Waals surface area contributed by atoms with E-state index in [-0.39, 0.29) is 30.7 Å². The first kappa shape index (κ1) is 17.5. The molecule has 6 heteroatoms. The highest BCUT2D eigenvalue weighted by Gasteiger charge is 2.24. The summed E-state index contributed by atoms with van der Waals surface area (Å²) < 4.78 is 0. The van der Waals surface area contributed by atoms with E-state index >= 15 is 0 Å². The summed E-state index contributed by atoms with van der Waals surface area (Å²) in [6.07, 6.45) is 2.89. The van der Waals surface area contributed by atoms with Crippen molar-refractivity contribution in [2.45, 2.75) is 46.0 Å². The fourth-order valence-corrected chi connectivity index (χ4v) is 2.43. The van der Waals surface area contributed by atoms with Gasteiger partial charge in [-0.1, -0.05) is 13.8 Å². The van der Waals surface area contributed by atoms with Crippen molar-refractivity contribution in [1.29, 1.82) is 0 Å². The molecule has 1 saturated heterocycles. The van der Waals surface area contributed by atoms with Gasteiger partial charge in [0, 0.05) is 25.9 Å². The van der Waals surface area contributed by atoms with Gasteiger partial charge in [0.05, 0.1) is 6.54 Å². The molecule has 1 fully saturated rings. The standard InChI is InChI=1S/C15H26N2O4/c1-11(2)3-4-13(18)16-10-14(19)17-7-5-12(6-8-17)9-15(20)21/h11-12H,3-10H2,1-2H3,(H,16,18)(H,20,21). The monoisotopic (exact) mass is 298 g/mol. The van der Waals surface area contributed by atoms with E-state index in [4.69, 9.17) is 5.11 Å². The van der Waals surface area contributed by atoms with Crippen molar-refractivity contribution in [2.24, 2.45) is 11.8 Å². The number of carboxylic acids is 1. The highest BCUT2D eigenvalue weighted by atomic mass is 16.4. The molecule has 120 valence electrons. The fraction of sp³-hybridized carbons (Fsp3) is 0.800. The van der Waals surface area contributed by atoms with Gasteiger partial charge >= 0.3 is 5.97 Å². The zero-order valence-electron chi connectivity index (χ0n) is 12.9. The first-order valence-corrected chi connectivity index (χ1v) is 7.64. The molecule has 21 heavy (non-hydrogen) atoms. The van der Waals surface area contributed by atoms with Crippen LogP contribution < -0.4 is 5.32 Å². The Balaban J connectivity index is 2.22. The van der Waals surface area contributed by atoms with Crippen LogP contribution in [0.15, 0.2) is 0 Å². The summed E-state index contributed by atoms with van der Waals surface area (Å²) in [6, 6.07) is 0. The largest absolute Gasteiger partial charge is 0.481 e. The summed E-state index contributed by atoms with van der Waals surface area (Å²) in [5.74, 6) is -0.316. The van der Waals surface area contributed by atoms with Gasteiger partial charge in [-0.25, -0.2) is 0 Å². The molecule has 1 aliphatic rings. The van der Waals surface area contributed by atoms with Gasteiger partial charge in [0.25, 0.3) is 0 Å². The van der Waals surface area contributed by atoms with Gasteiger partial charge in [-0.05, 0) is 31.1 Å². The number of amides is 2. The number of likely N-dealkylation sites (tertiary alicyclic amines) is 1. The van der Waals surface area contributed by atoms with Gasteiger partial charge in [-0.3, -0.25) is 14.4 Å². The van der Waals surface area contributed by atoms with Crippen LogP contribution in [0, 0.1) is 11.8 Å². The summed E-state index contributed by atoms with van der Waals surface area (Å²) in [4.78, 5) is 35.9. The molecule has 0 saturated carbocycles. The zero-order chi connectivity index (χ0) is 15.8. The highest BCUT2D eigenvalue weighted by molar-refractivity contribution is 5.84. The van der Waals surface area contributed by atoms with Gasteiger partial charge in [-0.15, -0.1) is 0 Å². The van der Waals surface area contributed by atoms with Crippen LogP contribution in [0.2, 0.25) is 0 Å². The third-order valence-electron chi connectivity index (χ3n) is 3.82. The van der Waals surface area contributed by atoms with E-state index in [1.807, 2.05) is 0 Å². The Morgan fingerprint density at radius 2 is 1.86 bits per heavy atom. The van der Waals surface area contributed by atoms with Crippen LogP contribution in [-0.4, -0.2) is 47.4 Å². The lowest BCUT2D eigenvalue weighted by Gasteiger charge is -2.31. The molecule has 2 N–H and O–H groups in total. The smallest absolute Gasteiger partial charge is 0.303 e. The number of nitrogens with zero attached hydrogens (tertiary/aromatic N) is 1. The second-order valence-corrected chi connectivity index (χ2v) is 6.13. The molecule has 0 aliphatic carbocycles. The summed E-state index contributed by atoms with van der Waals surface area (Å²) in [5, 5.41) is 11.4. The molecule has 6 nitrogen and oxygen atoms in total. The molecule has 1 aliphatic heterocycles. The number of carbonyl (C=O) groups is 3. The Bertz CT molecular complexity index is 374. The molecular formula is C15H26N2O4. The Kier molecular flexibility index (Phi) is 7.19. The van der Waals surface area contributed by atoms with E-state index in [9.17, 15) is 14.4 Å². The topological polar surface area (TPSA) is 86.7 Å². The number of nitrogens with one attached hydrogen (secondary N) is 1. The first-order valence-electron chi connectivity index (χ1n) is 7.64. The average Bonchev–Trinajstić information content (AvgIpc) is 2.42. The number of aliphatic carboxylic acids is 1. The van der Waals surface area contributed by atoms with E-state index in [2.05, 4.69) is 19.2 Å². The lowest BCUT2D eigenvalue weighted by molar-refractivity contribution is -0.139. The number of piperidine rings is 1. The average molecular weight is 298 g/mol. The number of hydrogen-bond donors (Lipinski definition) is 2. The Morgan fingerprint density at radius 1 is 1.24 bits per heavy atom. The van der Waals surface area contributed by atoms with Crippen LogP contribution in [0.3, 0.4) is 0 Å². The second kappa shape index (κ2) is 8.64. The normalized spacial score (nSPS) is 16.0. The van der Waals surface area contributed by atoms with Crippen molar-refractivity contribution in [3.8, 4) is 0 Å². The maximum absolute atomic E-state index is 12.0. The molecular weight excluding hydrogens is 272 g/mol. The minimum absolute atomic E-state index is 0.0422. The van der Waals surface area contributed by atoms with Crippen molar-refractivity contribution in [3.05, 3.63) is 0 Å². The van der Waals surface area contributed by atoms with Gasteiger partial charge in [0.15, 0.2) is 0 Å². The summed E-state index contributed by atoms with van der Waals surface area (Å²) >= 11 is 0. The number of hydrogen-bond acceptors (Lipinski definition) is 3. The molecule has 0 radical (unpaired) electrons. The van der Waals surface area contributed by atoms with Crippen LogP contribution in [0.5, 0.6) is 0 Å². The number of carbonyl (C=O) groups excluding carboxylic acids is 2. The minimum atomic E-state index is -0.780. The lowest BCUT2D eigenvalue weighted by atomic mass is 9.93. The number of rotatable bonds is 7. The van der Waals surface area contributed by atoms with Crippen LogP contribution in [0.4, 0.5) is 0 Å². The lowest BCUT2D eigenvalue weighted by Crippen LogP contribution is -2.44. The van der Waals surface area contributed by atoms with Crippen LogP contribution in [0.1, 0.15) is 46.0 Å². The van der Waals surface area contributed by atoms with E-state index in [0.717, 1.165) is 19.3 Å². The fourth-order valence-electron chi connectivity index (χ4n) is 2.43. The molecule has 0 aromatic heterocycles. The molecule has 1 heterocycles. The predicted octanol–water partition coefficient (Wildman–Crippen LogP) is 1.25. The molecule has 2 amide bonds. The van der Waals surface area contributed by atoms with Crippen molar-refractivity contribution < 1.29 is 19.5 Å². The van der Waals surface area contributed by atoms with E-state index in [0.29, 0.717) is 25.4 Å². The molecule has 0 bridgehead atoms. The summed E-state index contributed by atoms with van der Waals surface area (Å²) in [7, 11) is 0. The third kappa shape index (κ3) is 7.11. The summed E-state index contributed by atoms with van der Waals surface area (Å²) in [5.41, 5.74) is 0. The minimum Gasteiger partial charge on any atom is -0.481 e. The third-order valence-corrected chi connectivity index (χ3v) is 3.82. The Labute approximate surface area is 125 Å². The SMILES string of the molecule is CC(C)CCC(=O)NCC(=O)N1CCC(CC(=O)O)CC1. The van der Waals surface area contributed by atoms with Crippen LogP contribution >= 0.6 is 0 Å². The Hall–Kier alpha value is -1.59. The van der Waals surface area contributed by atoms with Crippen LogP contribution in [-0.2, 0) is 14.4 Å². The van der Waals surface area contributed by atoms with Crippen molar-refractivity contribution in [1.82, 2.24) is 10.2 Å². The van der Waals surface area contributed by atoms with E-state index < -0.39 is 5.97 Å². The van der Waals surface area contributed by atoms with Gasteiger partial charge in [0.2, 0.25) is 11.8 Å². The van der Waals surface area contributed by atoms with Crippen molar-refractivity contribution >= 4 is 17.8 Å². The van der Waals surface area contributed by atoms with E-state index in [1.165, 1.54) is 0 Å². The summed E-state index contributed by atoms with van der Waals surface area (Å²) in [6.45, 7) is 5.32. The Morgan fingerprint density at radius 3 is 2.38 bits per heavy atom.